The van der Waals surface area contributed by atoms with E-state index in [-0.39, 0.29) is 10.8 Å². The number of carboxylic acid groups (broad SMARTS) is 1. The molecule has 0 aliphatic rings. The van der Waals surface area contributed by atoms with Gasteiger partial charge in [-0.1, -0.05) is 0 Å². The van der Waals surface area contributed by atoms with Crippen LogP contribution in [0.25, 0.3) is 0 Å². The summed E-state index contributed by atoms with van der Waals surface area (Å²) in [6.07, 6.45) is 0.397. The molecule has 0 fully saturated rings. The number of aromatic nitrogens is 1. The lowest BCUT2D eigenvalue weighted by Gasteiger charge is -2.02. The second-order valence-corrected chi connectivity index (χ2v) is 7.43. The predicted molar refractivity (Wildman–Crippen MR) is 87.5 cm³/mol. The van der Waals surface area contributed by atoms with Gasteiger partial charge in [0.1, 0.15) is 4.88 Å². The lowest BCUT2D eigenvalue weighted by Crippen LogP contribution is -2.11. The van der Waals surface area contributed by atoms with Gasteiger partial charge in [-0.2, -0.15) is 11.8 Å². The molecule has 2 rings (SSSR count). The first kappa shape index (κ1) is 16.0. The fraction of sp³-hybridized carbons (Fsp3) is 0.308. The number of nitrogens with one attached hydrogen (secondary N) is 1. The molecule has 0 bridgehead atoms. The molecule has 0 atom stereocenters. The summed E-state index contributed by atoms with van der Waals surface area (Å²) in [7, 11) is 0. The summed E-state index contributed by atoms with van der Waals surface area (Å²) >= 11 is 4.35. The summed E-state index contributed by atoms with van der Waals surface area (Å²) in [4.78, 5) is 27.0. The van der Waals surface area contributed by atoms with E-state index in [1.165, 1.54) is 6.07 Å². The van der Waals surface area contributed by atoms with Crippen molar-refractivity contribution in [2.75, 3.05) is 11.1 Å². The van der Waals surface area contributed by atoms with Crippen LogP contribution in [0.1, 0.15) is 26.8 Å². The van der Waals surface area contributed by atoms with Gasteiger partial charge in [0, 0.05) is 23.3 Å². The van der Waals surface area contributed by atoms with E-state index in [4.69, 9.17) is 5.11 Å². The fourth-order valence-corrected chi connectivity index (χ4v) is 3.85. The van der Waals surface area contributed by atoms with Gasteiger partial charge < -0.3 is 10.4 Å². The molecule has 0 aliphatic carbocycles. The molecule has 0 saturated carbocycles. The van der Waals surface area contributed by atoms with Gasteiger partial charge in [0.05, 0.1) is 15.7 Å². The topological polar surface area (TPSA) is 79.3 Å². The van der Waals surface area contributed by atoms with Crippen molar-refractivity contribution in [3.63, 3.8) is 0 Å². The van der Waals surface area contributed by atoms with Crippen LogP contribution in [-0.4, -0.2) is 27.7 Å². The molecule has 0 radical (unpaired) electrons. The highest BCUT2D eigenvalue weighted by Gasteiger charge is 2.09. The highest BCUT2D eigenvalue weighted by Crippen LogP contribution is 2.22. The number of carbonyl (C=O) groups excluding carboxylic acids is 1. The number of aromatic carboxylic acids is 1. The van der Waals surface area contributed by atoms with Gasteiger partial charge in [-0.25, -0.2) is 9.78 Å². The molecule has 0 aliphatic heterocycles. The molecule has 2 aromatic rings. The first-order valence-electron chi connectivity index (χ1n) is 6.16. The Morgan fingerprint density at radius 3 is 2.86 bits per heavy atom. The van der Waals surface area contributed by atoms with Crippen molar-refractivity contribution < 1.29 is 14.7 Å². The Morgan fingerprint density at radius 1 is 1.43 bits per heavy atom. The number of aryl methyl sites for hydroxylation is 1. The van der Waals surface area contributed by atoms with Crippen molar-refractivity contribution >= 4 is 51.3 Å². The quantitative estimate of drug-likeness (QED) is 0.753. The van der Waals surface area contributed by atoms with Crippen LogP contribution in [-0.2, 0) is 10.5 Å². The second kappa shape index (κ2) is 7.58. The summed E-state index contributed by atoms with van der Waals surface area (Å²) in [5.41, 5.74) is 1.05. The average molecular weight is 342 g/mol. The third-order valence-electron chi connectivity index (χ3n) is 2.47. The van der Waals surface area contributed by atoms with Gasteiger partial charge in [-0.15, -0.1) is 22.7 Å². The van der Waals surface area contributed by atoms with Gasteiger partial charge in [0.15, 0.2) is 0 Å². The molecule has 112 valence electrons. The SMILES string of the molecule is Cc1nc(CSCCC(=O)Nc2ccc(C(=O)O)s2)cs1. The average Bonchev–Trinajstić information content (AvgIpc) is 3.04. The summed E-state index contributed by atoms with van der Waals surface area (Å²) in [6.45, 7) is 1.97. The van der Waals surface area contributed by atoms with Crippen LogP contribution < -0.4 is 5.32 Å². The number of anilines is 1. The Bertz CT molecular complexity index is 636. The number of thiazole rings is 1. The van der Waals surface area contributed by atoms with E-state index in [1.807, 2.05) is 12.3 Å². The maximum Gasteiger partial charge on any atom is 0.345 e. The van der Waals surface area contributed by atoms with E-state index in [9.17, 15) is 9.59 Å². The van der Waals surface area contributed by atoms with E-state index in [0.717, 1.165) is 27.8 Å². The van der Waals surface area contributed by atoms with E-state index < -0.39 is 5.97 Å². The van der Waals surface area contributed by atoms with Crippen LogP contribution in [0.2, 0.25) is 0 Å². The van der Waals surface area contributed by atoms with Crippen molar-refractivity contribution in [2.24, 2.45) is 0 Å². The van der Waals surface area contributed by atoms with Crippen molar-refractivity contribution in [2.45, 2.75) is 19.1 Å². The van der Waals surface area contributed by atoms with E-state index in [0.29, 0.717) is 17.2 Å². The molecule has 2 aromatic heterocycles. The van der Waals surface area contributed by atoms with Crippen molar-refractivity contribution in [3.8, 4) is 0 Å². The van der Waals surface area contributed by atoms with Crippen LogP contribution in [0.3, 0.4) is 0 Å². The van der Waals surface area contributed by atoms with Crippen LogP contribution in [0.15, 0.2) is 17.5 Å². The Morgan fingerprint density at radius 2 is 2.24 bits per heavy atom. The van der Waals surface area contributed by atoms with E-state index >= 15 is 0 Å². The minimum atomic E-state index is -0.977. The maximum absolute atomic E-state index is 11.7. The van der Waals surface area contributed by atoms with Crippen molar-refractivity contribution in [1.29, 1.82) is 0 Å². The van der Waals surface area contributed by atoms with Crippen molar-refractivity contribution in [1.82, 2.24) is 4.98 Å². The van der Waals surface area contributed by atoms with E-state index in [2.05, 4.69) is 10.3 Å². The standard InChI is InChI=1S/C13H14N2O3S3/c1-8-14-9(7-20-8)6-19-5-4-11(16)15-12-3-2-10(21-12)13(17)18/h2-3,7H,4-6H2,1H3,(H,15,16)(H,17,18). The Kier molecular flexibility index (Phi) is 5.77. The van der Waals surface area contributed by atoms with Crippen LogP contribution in [0.5, 0.6) is 0 Å². The fourth-order valence-electron chi connectivity index (χ4n) is 1.54. The lowest BCUT2D eigenvalue weighted by molar-refractivity contribution is -0.115. The van der Waals surface area contributed by atoms with Crippen LogP contribution >= 0.6 is 34.4 Å². The molecule has 0 aromatic carbocycles. The molecular formula is C13H14N2O3S3. The van der Waals surface area contributed by atoms with Gasteiger partial charge >= 0.3 is 5.97 Å². The number of thiophene rings is 1. The first-order valence-corrected chi connectivity index (χ1v) is 9.01. The Balaban J connectivity index is 1.68. The molecule has 0 saturated heterocycles. The largest absolute Gasteiger partial charge is 0.477 e. The number of amides is 1. The summed E-state index contributed by atoms with van der Waals surface area (Å²) in [5.74, 6) is 0.435. The van der Waals surface area contributed by atoms with Gasteiger partial charge in [-0.05, 0) is 19.1 Å². The smallest absolute Gasteiger partial charge is 0.345 e. The van der Waals surface area contributed by atoms with E-state index in [1.54, 1.807) is 29.2 Å². The summed E-state index contributed by atoms with van der Waals surface area (Å²) < 4.78 is 0. The highest BCUT2D eigenvalue weighted by molar-refractivity contribution is 7.98. The van der Waals surface area contributed by atoms with Crippen molar-refractivity contribution in [3.05, 3.63) is 33.1 Å². The lowest BCUT2D eigenvalue weighted by atomic mass is 10.4. The van der Waals surface area contributed by atoms with Crippen LogP contribution in [0, 0.1) is 6.92 Å². The van der Waals surface area contributed by atoms with Gasteiger partial charge in [0.2, 0.25) is 5.91 Å². The van der Waals surface area contributed by atoms with Gasteiger partial charge in [-0.3, -0.25) is 4.79 Å². The van der Waals surface area contributed by atoms with Gasteiger partial charge in [0.25, 0.3) is 0 Å². The molecule has 5 nitrogen and oxygen atoms in total. The second-order valence-electron chi connectivity index (χ2n) is 4.18. The summed E-state index contributed by atoms with van der Waals surface area (Å²) in [6, 6.07) is 3.10. The van der Waals surface area contributed by atoms with Crippen LogP contribution in [0.4, 0.5) is 5.00 Å². The zero-order chi connectivity index (χ0) is 15.2. The Labute approximate surface area is 134 Å². The number of nitrogens with zero attached hydrogens (tertiary/aromatic N) is 1. The molecule has 2 N–H and O–H groups in total. The highest BCUT2D eigenvalue weighted by atomic mass is 32.2. The molecule has 21 heavy (non-hydrogen) atoms. The number of hydrogen-bond donors (Lipinski definition) is 2. The first-order chi connectivity index (χ1) is 10.0. The third-order valence-corrected chi connectivity index (χ3v) is 5.27. The number of rotatable bonds is 7. The number of carbonyl (C=O) groups is 2. The Hall–Kier alpha value is -1.38. The minimum absolute atomic E-state index is 0.101. The molecular weight excluding hydrogens is 328 g/mol. The monoisotopic (exact) mass is 342 g/mol. The molecule has 2 heterocycles. The molecule has 8 heteroatoms. The zero-order valence-corrected chi connectivity index (χ0v) is 13.7. The normalized spacial score (nSPS) is 10.5. The zero-order valence-electron chi connectivity index (χ0n) is 11.3. The minimum Gasteiger partial charge on any atom is -0.477 e. The molecule has 0 spiro atoms. The number of thioether (sulfide) groups is 1. The third kappa shape index (κ3) is 5.14. The predicted octanol–water partition coefficient (Wildman–Crippen LogP) is 3.47. The molecule has 1 amide bonds. The maximum atomic E-state index is 11.7. The summed E-state index contributed by atoms with van der Waals surface area (Å²) in [5, 5.41) is 15.2. The number of hydrogen-bond acceptors (Lipinski definition) is 6. The molecule has 0 unspecified atom stereocenters. The number of carboxylic acids is 1.